The van der Waals surface area contributed by atoms with E-state index >= 15 is 0 Å². The van der Waals surface area contributed by atoms with Crippen molar-refractivity contribution in [1.29, 1.82) is 0 Å². The molecule has 0 fully saturated rings. The third-order valence-electron chi connectivity index (χ3n) is 2.33. The van der Waals surface area contributed by atoms with Crippen molar-refractivity contribution in [2.75, 3.05) is 13.2 Å². The Hall–Kier alpha value is -0.0800. The first kappa shape index (κ1) is 11.9. The van der Waals surface area contributed by atoms with E-state index in [2.05, 4.69) is 13.8 Å². The van der Waals surface area contributed by atoms with Crippen molar-refractivity contribution in [1.82, 2.24) is 0 Å². The second-order valence-electron chi connectivity index (χ2n) is 3.34. The predicted octanol–water partition coefficient (Wildman–Crippen LogP) is 2.18. The zero-order chi connectivity index (χ0) is 9.40. The highest BCUT2D eigenvalue weighted by atomic mass is 16.5. The van der Waals surface area contributed by atoms with Gasteiger partial charge in [-0.3, -0.25) is 0 Å². The Kier molecular flexibility index (Phi) is 7.51. The fourth-order valence-electron chi connectivity index (χ4n) is 1.39. The Balaban J connectivity index is 3.44. The van der Waals surface area contributed by atoms with Crippen LogP contribution in [-0.4, -0.2) is 19.3 Å². The van der Waals surface area contributed by atoms with Gasteiger partial charge < -0.3 is 10.5 Å². The van der Waals surface area contributed by atoms with E-state index < -0.39 is 0 Å². The maximum absolute atomic E-state index is 5.89. The Morgan fingerprint density at radius 1 is 1.17 bits per heavy atom. The molecule has 0 bridgehead atoms. The molecule has 0 heterocycles. The maximum atomic E-state index is 5.89. The standard InChI is InChI=1S/C10H23NO/c1-4-9(5-2)7-10(11)8-12-6-3/h9-10H,4-8,11H2,1-3H3. The minimum Gasteiger partial charge on any atom is -0.380 e. The third kappa shape index (κ3) is 5.56. The van der Waals surface area contributed by atoms with E-state index in [0.29, 0.717) is 6.61 Å². The lowest BCUT2D eigenvalue weighted by Crippen LogP contribution is -2.28. The van der Waals surface area contributed by atoms with Gasteiger partial charge in [0.25, 0.3) is 0 Å². The SMILES string of the molecule is CCOCC(N)CC(CC)CC. The Labute approximate surface area is 76.5 Å². The van der Waals surface area contributed by atoms with E-state index in [9.17, 15) is 0 Å². The molecule has 0 aliphatic heterocycles. The minimum absolute atomic E-state index is 0.231. The molecular weight excluding hydrogens is 150 g/mol. The van der Waals surface area contributed by atoms with Crippen LogP contribution in [0.5, 0.6) is 0 Å². The van der Waals surface area contributed by atoms with Crippen LogP contribution in [0.25, 0.3) is 0 Å². The average molecular weight is 173 g/mol. The summed E-state index contributed by atoms with van der Waals surface area (Å²) in [7, 11) is 0. The highest BCUT2D eigenvalue weighted by Gasteiger charge is 2.09. The molecular formula is C10H23NO. The molecule has 2 nitrogen and oxygen atoms in total. The van der Waals surface area contributed by atoms with Gasteiger partial charge in [0.2, 0.25) is 0 Å². The molecule has 74 valence electrons. The molecule has 1 unspecified atom stereocenters. The second-order valence-corrected chi connectivity index (χ2v) is 3.34. The fraction of sp³-hybridized carbons (Fsp3) is 1.00. The summed E-state index contributed by atoms with van der Waals surface area (Å²) in [6.45, 7) is 7.94. The molecule has 0 spiro atoms. The van der Waals surface area contributed by atoms with Gasteiger partial charge in [0.05, 0.1) is 6.61 Å². The summed E-state index contributed by atoms with van der Waals surface area (Å²) in [5.74, 6) is 0.778. The van der Waals surface area contributed by atoms with Gasteiger partial charge in [-0.1, -0.05) is 26.7 Å². The molecule has 1 atom stereocenters. The van der Waals surface area contributed by atoms with Crippen LogP contribution in [0, 0.1) is 5.92 Å². The molecule has 0 aromatic rings. The van der Waals surface area contributed by atoms with E-state index in [1.807, 2.05) is 6.92 Å². The lowest BCUT2D eigenvalue weighted by molar-refractivity contribution is 0.125. The molecule has 0 saturated heterocycles. The van der Waals surface area contributed by atoms with Crippen molar-refractivity contribution in [3.05, 3.63) is 0 Å². The van der Waals surface area contributed by atoms with Crippen molar-refractivity contribution < 1.29 is 4.74 Å². The summed E-state index contributed by atoms with van der Waals surface area (Å²) >= 11 is 0. The Bertz CT molecular complexity index is 91.8. The van der Waals surface area contributed by atoms with Gasteiger partial charge in [0.15, 0.2) is 0 Å². The van der Waals surface area contributed by atoms with Gasteiger partial charge in [-0.15, -0.1) is 0 Å². The average Bonchev–Trinajstić information content (AvgIpc) is 2.10. The Morgan fingerprint density at radius 3 is 2.17 bits per heavy atom. The third-order valence-corrected chi connectivity index (χ3v) is 2.33. The molecule has 0 aromatic heterocycles. The topological polar surface area (TPSA) is 35.2 Å². The molecule has 0 aliphatic rings. The smallest absolute Gasteiger partial charge is 0.0617 e. The molecule has 0 radical (unpaired) electrons. The van der Waals surface area contributed by atoms with Gasteiger partial charge in [0, 0.05) is 12.6 Å². The lowest BCUT2D eigenvalue weighted by atomic mass is 9.95. The lowest BCUT2D eigenvalue weighted by Gasteiger charge is -2.17. The van der Waals surface area contributed by atoms with Crippen molar-refractivity contribution in [3.63, 3.8) is 0 Å². The van der Waals surface area contributed by atoms with Gasteiger partial charge >= 0.3 is 0 Å². The maximum Gasteiger partial charge on any atom is 0.0617 e. The van der Waals surface area contributed by atoms with Crippen molar-refractivity contribution in [3.8, 4) is 0 Å². The van der Waals surface area contributed by atoms with Crippen LogP contribution in [0.3, 0.4) is 0 Å². The monoisotopic (exact) mass is 173 g/mol. The summed E-state index contributed by atoms with van der Waals surface area (Å²) in [5.41, 5.74) is 5.89. The summed E-state index contributed by atoms with van der Waals surface area (Å²) in [6.07, 6.45) is 3.57. The number of ether oxygens (including phenoxy) is 1. The summed E-state index contributed by atoms with van der Waals surface area (Å²) in [6, 6.07) is 0.231. The van der Waals surface area contributed by atoms with Gasteiger partial charge in [-0.2, -0.15) is 0 Å². The van der Waals surface area contributed by atoms with Crippen LogP contribution >= 0.6 is 0 Å². The first-order valence-electron chi connectivity index (χ1n) is 5.07. The largest absolute Gasteiger partial charge is 0.380 e. The molecule has 12 heavy (non-hydrogen) atoms. The van der Waals surface area contributed by atoms with Crippen LogP contribution in [0.4, 0.5) is 0 Å². The van der Waals surface area contributed by atoms with Crippen molar-refractivity contribution >= 4 is 0 Å². The van der Waals surface area contributed by atoms with Gasteiger partial charge in [-0.25, -0.2) is 0 Å². The summed E-state index contributed by atoms with van der Waals surface area (Å²) in [5, 5.41) is 0. The highest BCUT2D eigenvalue weighted by molar-refractivity contribution is 4.65. The van der Waals surface area contributed by atoms with Gasteiger partial charge in [-0.05, 0) is 19.3 Å². The summed E-state index contributed by atoms with van der Waals surface area (Å²) < 4.78 is 5.26. The van der Waals surface area contributed by atoms with E-state index in [0.717, 1.165) is 18.9 Å². The molecule has 0 amide bonds. The highest BCUT2D eigenvalue weighted by Crippen LogP contribution is 2.13. The Morgan fingerprint density at radius 2 is 1.75 bits per heavy atom. The predicted molar refractivity (Wildman–Crippen MR) is 53.2 cm³/mol. The zero-order valence-electron chi connectivity index (χ0n) is 8.68. The number of nitrogens with two attached hydrogens (primary N) is 1. The van der Waals surface area contributed by atoms with E-state index in [-0.39, 0.29) is 6.04 Å². The van der Waals surface area contributed by atoms with Crippen molar-refractivity contribution in [2.45, 2.75) is 46.1 Å². The molecule has 0 aromatic carbocycles. The number of hydrogen-bond acceptors (Lipinski definition) is 2. The van der Waals surface area contributed by atoms with Crippen LogP contribution in [0.1, 0.15) is 40.0 Å². The summed E-state index contributed by atoms with van der Waals surface area (Å²) in [4.78, 5) is 0. The second kappa shape index (κ2) is 7.56. The first-order chi connectivity index (χ1) is 5.74. The minimum atomic E-state index is 0.231. The van der Waals surface area contributed by atoms with Crippen molar-refractivity contribution in [2.24, 2.45) is 11.7 Å². The van der Waals surface area contributed by atoms with Crippen LogP contribution in [-0.2, 0) is 4.74 Å². The fourth-order valence-corrected chi connectivity index (χ4v) is 1.39. The van der Waals surface area contributed by atoms with Gasteiger partial charge in [0.1, 0.15) is 0 Å². The number of rotatable bonds is 7. The molecule has 0 aliphatic carbocycles. The normalized spacial score (nSPS) is 13.8. The molecule has 0 saturated carbocycles. The first-order valence-corrected chi connectivity index (χ1v) is 5.07. The zero-order valence-corrected chi connectivity index (χ0v) is 8.68. The molecule has 2 N–H and O–H groups in total. The molecule has 0 rings (SSSR count). The van der Waals surface area contributed by atoms with Crippen LogP contribution < -0.4 is 5.73 Å². The number of hydrogen-bond donors (Lipinski definition) is 1. The quantitative estimate of drug-likeness (QED) is 0.640. The van der Waals surface area contributed by atoms with E-state index in [1.165, 1.54) is 12.8 Å². The van der Waals surface area contributed by atoms with E-state index in [4.69, 9.17) is 10.5 Å². The van der Waals surface area contributed by atoms with Crippen LogP contribution in [0.2, 0.25) is 0 Å². The van der Waals surface area contributed by atoms with E-state index in [1.54, 1.807) is 0 Å². The molecule has 2 heteroatoms. The van der Waals surface area contributed by atoms with Crippen LogP contribution in [0.15, 0.2) is 0 Å².